The highest BCUT2D eigenvalue weighted by Crippen LogP contribution is 2.34. The molecule has 0 amide bonds. The first kappa shape index (κ1) is 21.2. The van der Waals surface area contributed by atoms with Gasteiger partial charge in [-0.05, 0) is 12.1 Å². The highest BCUT2D eigenvalue weighted by atomic mass is 16.6. The molecule has 0 saturated carbocycles. The molecule has 2 heterocycles. The normalized spacial score (nSPS) is 23.6. The molecule has 0 unspecified atom stereocenters. The molecule has 1 saturated heterocycles. The summed E-state index contributed by atoms with van der Waals surface area (Å²) in [6.45, 7) is 3.40. The maximum Gasteiger partial charge on any atom is 0.303 e. The largest absolute Gasteiger partial charge is 0.456 e. The molecule has 1 aliphatic heterocycles. The first-order chi connectivity index (χ1) is 14.2. The number of carbonyl (C=O) groups is 3. The maximum absolute atomic E-state index is 11.8. The van der Waals surface area contributed by atoms with E-state index in [1.54, 1.807) is 22.9 Å². The zero-order valence-corrected chi connectivity index (χ0v) is 16.5. The third-order valence-electron chi connectivity index (χ3n) is 4.52. The molecule has 2 aromatic rings. The van der Waals surface area contributed by atoms with Crippen LogP contribution >= 0.6 is 0 Å². The molecular weight excluding hydrogens is 400 g/mol. The average molecular weight is 420 g/mol. The molecular formula is C19H20N2O9. The summed E-state index contributed by atoms with van der Waals surface area (Å²) in [6.07, 6.45) is -2.66. The van der Waals surface area contributed by atoms with Gasteiger partial charge in [-0.3, -0.25) is 24.5 Å². The van der Waals surface area contributed by atoms with Gasteiger partial charge in [-0.2, -0.15) is 0 Å². The van der Waals surface area contributed by atoms with Crippen LogP contribution in [0.2, 0.25) is 0 Å². The number of ether oxygens (including phenoxy) is 4. The van der Waals surface area contributed by atoms with Crippen molar-refractivity contribution in [1.82, 2.24) is 4.57 Å². The van der Waals surface area contributed by atoms with E-state index in [1.165, 1.54) is 32.9 Å². The van der Waals surface area contributed by atoms with E-state index < -0.39 is 47.4 Å². The topological polar surface area (TPSA) is 136 Å². The smallest absolute Gasteiger partial charge is 0.303 e. The molecule has 0 spiro atoms. The standard InChI is InChI=1S/C19H20N2O9/c1-10(22)28-16-9-27-19(18(30-12(3)24)17(16)29-11(2)23)20-7-6-13-4-5-14(21(25)26)8-15(13)20/h4-8,16-19H,9H2,1-3H3/t16-,17-,18+,19+/m0/s1. The molecule has 11 heteroatoms. The monoisotopic (exact) mass is 420 g/mol. The number of esters is 3. The van der Waals surface area contributed by atoms with Gasteiger partial charge in [0, 0.05) is 44.5 Å². The van der Waals surface area contributed by atoms with Crippen LogP contribution in [0.25, 0.3) is 10.9 Å². The summed E-state index contributed by atoms with van der Waals surface area (Å²) in [6, 6.07) is 6.03. The van der Waals surface area contributed by atoms with Crippen molar-refractivity contribution in [3.63, 3.8) is 0 Å². The van der Waals surface area contributed by atoms with Crippen molar-refractivity contribution in [2.24, 2.45) is 0 Å². The number of hydrogen-bond donors (Lipinski definition) is 0. The lowest BCUT2D eigenvalue weighted by atomic mass is 10.0. The minimum Gasteiger partial charge on any atom is -0.456 e. The van der Waals surface area contributed by atoms with Crippen LogP contribution in [0.4, 0.5) is 5.69 Å². The van der Waals surface area contributed by atoms with Crippen LogP contribution in [0.1, 0.15) is 27.0 Å². The first-order valence-corrected chi connectivity index (χ1v) is 9.05. The van der Waals surface area contributed by atoms with Gasteiger partial charge >= 0.3 is 17.9 Å². The highest BCUT2D eigenvalue weighted by molar-refractivity contribution is 5.82. The van der Waals surface area contributed by atoms with E-state index in [4.69, 9.17) is 18.9 Å². The van der Waals surface area contributed by atoms with Crippen molar-refractivity contribution in [3.05, 3.63) is 40.6 Å². The molecule has 1 aromatic heterocycles. The summed E-state index contributed by atoms with van der Waals surface area (Å²) in [5.74, 6) is -1.96. The van der Waals surface area contributed by atoms with E-state index in [0.29, 0.717) is 10.9 Å². The quantitative estimate of drug-likeness (QED) is 0.307. The lowest BCUT2D eigenvalue weighted by Gasteiger charge is -2.41. The zero-order valence-electron chi connectivity index (χ0n) is 16.5. The molecule has 30 heavy (non-hydrogen) atoms. The van der Waals surface area contributed by atoms with Gasteiger partial charge in [0.05, 0.1) is 17.0 Å². The van der Waals surface area contributed by atoms with Crippen LogP contribution in [0.3, 0.4) is 0 Å². The lowest BCUT2D eigenvalue weighted by Crippen LogP contribution is -2.55. The minimum absolute atomic E-state index is 0.128. The number of nitro benzene ring substituents is 1. The van der Waals surface area contributed by atoms with Crippen LogP contribution in [0, 0.1) is 10.1 Å². The summed E-state index contributed by atoms with van der Waals surface area (Å²) in [7, 11) is 0. The van der Waals surface area contributed by atoms with E-state index in [1.807, 2.05) is 0 Å². The fourth-order valence-corrected chi connectivity index (χ4v) is 3.43. The molecule has 4 atom stereocenters. The van der Waals surface area contributed by atoms with E-state index in [-0.39, 0.29) is 12.3 Å². The van der Waals surface area contributed by atoms with Crippen molar-refractivity contribution in [2.75, 3.05) is 6.61 Å². The number of rotatable bonds is 5. The molecule has 3 rings (SSSR count). The maximum atomic E-state index is 11.8. The highest BCUT2D eigenvalue weighted by Gasteiger charge is 2.47. The Morgan fingerprint density at radius 1 is 1.03 bits per heavy atom. The fourth-order valence-electron chi connectivity index (χ4n) is 3.43. The van der Waals surface area contributed by atoms with Crippen molar-refractivity contribution >= 4 is 34.5 Å². The fraction of sp³-hybridized carbons (Fsp3) is 0.421. The number of benzene rings is 1. The Morgan fingerprint density at radius 2 is 1.67 bits per heavy atom. The van der Waals surface area contributed by atoms with Crippen LogP contribution < -0.4 is 0 Å². The number of nitrogens with zero attached hydrogens (tertiary/aromatic N) is 2. The number of non-ortho nitro benzene ring substituents is 1. The molecule has 160 valence electrons. The van der Waals surface area contributed by atoms with Gasteiger partial charge in [-0.1, -0.05) is 0 Å². The van der Waals surface area contributed by atoms with E-state index in [9.17, 15) is 24.5 Å². The number of fused-ring (bicyclic) bond motifs is 1. The third-order valence-corrected chi connectivity index (χ3v) is 4.52. The number of nitro groups is 1. The Morgan fingerprint density at radius 3 is 2.27 bits per heavy atom. The second-order valence-electron chi connectivity index (χ2n) is 6.74. The second kappa shape index (κ2) is 8.49. The Hall–Kier alpha value is -3.47. The molecule has 1 aromatic carbocycles. The Bertz CT molecular complexity index is 999. The molecule has 1 aliphatic rings. The van der Waals surface area contributed by atoms with Gasteiger partial charge in [0.15, 0.2) is 24.5 Å². The van der Waals surface area contributed by atoms with Crippen molar-refractivity contribution in [2.45, 2.75) is 45.3 Å². The summed E-state index contributed by atoms with van der Waals surface area (Å²) in [5, 5.41) is 11.9. The minimum atomic E-state index is -1.17. The van der Waals surface area contributed by atoms with Gasteiger partial charge in [-0.15, -0.1) is 0 Å². The summed E-state index contributed by atoms with van der Waals surface area (Å²) in [5.41, 5.74) is 0.329. The van der Waals surface area contributed by atoms with E-state index in [0.717, 1.165) is 0 Å². The lowest BCUT2D eigenvalue weighted by molar-refractivity contribution is -0.384. The summed E-state index contributed by atoms with van der Waals surface area (Å²) < 4.78 is 23.3. The predicted molar refractivity (Wildman–Crippen MR) is 100 cm³/mol. The van der Waals surface area contributed by atoms with Crippen molar-refractivity contribution < 1.29 is 38.3 Å². The average Bonchev–Trinajstić information content (AvgIpc) is 3.06. The molecule has 1 fully saturated rings. The van der Waals surface area contributed by atoms with Gasteiger partial charge in [0.2, 0.25) is 0 Å². The van der Waals surface area contributed by atoms with Crippen molar-refractivity contribution in [3.8, 4) is 0 Å². The molecule has 0 radical (unpaired) electrons. The molecule has 0 aliphatic carbocycles. The molecule has 0 N–H and O–H groups in total. The first-order valence-electron chi connectivity index (χ1n) is 9.05. The SMILES string of the molecule is CC(=O)O[C@@H]1[C@@H](OC(C)=O)[C@H](n2ccc3ccc([N+](=O)[O-])cc32)OC[C@@H]1OC(C)=O. The van der Waals surface area contributed by atoms with Crippen LogP contribution in [-0.4, -0.2) is 52.3 Å². The number of aromatic nitrogens is 1. The van der Waals surface area contributed by atoms with Gasteiger partial charge in [0.25, 0.3) is 5.69 Å². The Labute approximate surface area is 170 Å². The van der Waals surface area contributed by atoms with Gasteiger partial charge < -0.3 is 23.5 Å². The van der Waals surface area contributed by atoms with Crippen LogP contribution in [0.15, 0.2) is 30.5 Å². The molecule has 0 bridgehead atoms. The van der Waals surface area contributed by atoms with E-state index in [2.05, 4.69) is 0 Å². The summed E-state index contributed by atoms with van der Waals surface area (Å²) in [4.78, 5) is 45.6. The zero-order chi connectivity index (χ0) is 22.0. The number of carbonyl (C=O) groups excluding carboxylic acids is 3. The second-order valence-corrected chi connectivity index (χ2v) is 6.74. The Kier molecular flexibility index (Phi) is 6.01. The number of hydrogen-bond acceptors (Lipinski definition) is 9. The van der Waals surface area contributed by atoms with Crippen LogP contribution in [0.5, 0.6) is 0 Å². The van der Waals surface area contributed by atoms with Gasteiger partial charge in [-0.25, -0.2) is 0 Å². The van der Waals surface area contributed by atoms with Crippen LogP contribution in [-0.2, 0) is 33.3 Å². The van der Waals surface area contributed by atoms with E-state index >= 15 is 0 Å². The Balaban J connectivity index is 2.06. The predicted octanol–water partition coefficient (Wildman–Crippen LogP) is 1.87. The summed E-state index contributed by atoms with van der Waals surface area (Å²) >= 11 is 0. The molecule has 11 nitrogen and oxygen atoms in total. The van der Waals surface area contributed by atoms with Gasteiger partial charge in [0.1, 0.15) is 0 Å². The van der Waals surface area contributed by atoms with Crippen molar-refractivity contribution in [1.29, 1.82) is 0 Å². The third kappa shape index (κ3) is 4.40.